The maximum atomic E-state index is 11.8. The molecule has 2 heterocycles. The Morgan fingerprint density at radius 3 is 3.00 bits per heavy atom. The van der Waals surface area contributed by atoms with E-state index in [1.807, 2.05) is 18.2 Å². The lowest BCUT2D eigenvalue weighted by molar-refractivity contribution is 0.0277. The summed E-state index contributed by atoms with van der Waals surface area (Å²) in [4.78, 5) is 0. The number of fused-ring (bicyclic) bond motifs is 1. The molecule has 2 aliphatic heterocycles. The van der Waals surface area contributed by atoms with Gasteiger partial charge in [0.05, 0.1) is 24.2 Å². The second kappa shape index (κ2) is 4.22. The predicted octanol–water partition coefficient (Wildman–Crippen LogP) is 0.627. The van der Waals surface area contributed by atoms with E-state index in [0.717, 1.165) is 29.9 Å². The molecular formula is C12H16N2O3S. The average molecular weight is 268 g/mol. The van der Waals surface area contributed by atoms with Crippen LogP contribution in [0.4, 0.5) is 5.69 Å². The summed E-state index contributed by atoms with van der Waals surface area (Å²) in [7, 11) is -1.56. The highest BCUT2D eigenvalue weighted by Crippen LogP contribution is 2.34. The third-order valence-corrected chi connectivity index (χ3v) is 5.20. The van der Waals surface area contributed by atoms with Crippen molar-refractivity contribution in [3.8, 4) is 0 Å². The van der Waals surface area contributed by atoms with Crippen molar-refractivity contribution in [3.05, 3.63) is 29.3 Å². The summed E-state index contributed by atoms with van der Waals surface area (Å²) in [6.45, 7) is 2.35. The van der Waals surface area contributed by atoms with Gasteiger partial charge in [-0.25, -0.2) is 8.42 Å². The van der Waals surface area contributed by atoms with Crippen molar-refractivity contribution < 1.29 is 13.2 Å². The van der Waals surface area contributed by atoms with Gasteiger partial charge in [-0.3, -0.25) is 4.31 Å². The van der Waals surface area contributed by atoms with E-state index >= 15 is 0 Å². The molecule has 1 fully saturated rings. The number of anilines is 1. The highest BCUT2D eigenvalue weighted by atomic mass is 32.2. The Balaban J connectivity index is 1.94. The van der Waals surface area contributed by atoms with Gasteiger partial charge in [0.15, 0.2) is 0 Å². The van der Waals surface area contributed by atoms with Crippen molar-refractivity contribution >= 4 is 15.7 Å². The molecule has 1 unspecified atom stereocenters. The van der Waals surface area contributed by atoms with E-state index in [9.17, 15) is 8.42 Å². The van der Waals surface area contributed by atoms with Crippen molar-refractivity contribution in [3.63, 3.8) is 0 Å². The molecule has 0 saturated carbocycles. The summed E-state index contributed by atoms with van der Waals surface area (Å²) >= 11 is 0. The smallest absolute Gasteiger partial charge is 0.239 e. The lowest BCUT2D eigenvalue weighted by atomic mass is 10.0. The van der Waals surface area contributed by atoms with E-state index in [-0.39, 0.29) is 11.9 Å². The Morgan fingerprint density at radius 1 is 1.44 bits per heavy atom. The molecular weight excluding hydrogens is 252 g/mol. The molecule has 0 spiro atoms. The molecule has 0 bridgehead atoms. The minimum atomic E-state index is -3.15. The zero-order valence-corrected chi connectivity index (χ0v) is 11.0. The number of hydrogen-bond donors (Lipinski definition) is 1. The summed E-state index contributed by atoms with van der Waals surface area (Å²) in [5, 5.41) is 3.27. The zero-order valence-electron chi connectivity index (χ0n) is 10.2. The highest BCUT2D eigenvalue weighted by molar-refractivity contribution is 7.92. The first-order valence-corrected chi connectivity index (χ1v) is 7.60. The number of sulfonamides is 1. The monoisotopic (exact) mass is 268 g/mol. The molecule has 5 nitrogen and oxygen atoms in total. The molecule has 1 N–H and O–H groups in total. The van der Waals surface area contributed by atoms with Crippen LogP contribution in [0.2, 0.25) is 0 Å². The van der Waals surface area contributed by atoms with Gasteiger partial charge in [-0.15, -0.1) is 0 Å². The van der Waals surface area contributed by atoms with Crippen LogP contribution in [-0.2, 0) is 20.5 Å². The summed E-state index contributed by atoms with van der Waals surface area (Å²) in [6, 6.07) is 5.77. The molecule has 0 radical (unpaired) electrons. The Hall–Kier alpha value is -1.11. The quantitative estimate of drug-likeness (QED) is 0.811. The van der Waals surface area contributed by atoms with Crippen LogP contribution in [-0.4, -0.2) is 35.2 Å². The molecule has 18 heavy (non-hydrogen) atoms. The number of hydrogen-bond acceptors (Lipinski definition) is 4. The second-order valence-electron chi connectivity index (χ2n) is 4.68. The van der Waals surface area contributed by atoms with Crippen LogP contribution in [0.25, 0.3) is 0 Å². The number of benzene rings is 1. The Bertz CT molecular complexity index is 565. The molecule has 1 saturated heterocycles. The molecule has 1 atom stereocenters. The van der Waals surface area contributed by atoms with E-state index in [2.05, 4.69) is 5.32 Å². The van der Waals surface area contributed by atoms with Gasteiger partial charge in [0, 0.05) is 20.1 Å². The van der Waals surface area contributed by atoms with Gasteiger partial charge >= 0.3 is 0 Å². The fourth-order valence-electron chi connectivity index (χ4n) is 2.45. The van der Waals surface area contributed by atoms with Gasteiger partial charge in [0.25, 0.3) is 0 Å². The molecule has 3 rings (SSSR count). The van der Waals surface area contributed by atoms with Crippen molar-refractivity contribution in [2.45, 2.75) is 11.9 Å². The van der Waals surface area contributed by atoms with Gasteiger partial charge in [-0.2, -0.15) is 0 Å². The summed E-state index contributed by atoms with van der Waals surface area (Å²) < 4.78 is 30.6. The number of morpholine rings is 1. The number of nitrogens with zero attached hydrogens (tertiary/aromatic N) is 1. The zero-order chi connectivity index (χ0) is 12.8. The van der Waals surface area contributed by atoms with Gasteiger partial charge in [0.1, 0.15) is 0 Å². The van der Waals surface area contributed by atoms with Gasteiger partial charge in [-0.05, 0) is 23.3 Å². The molecule has 0 amide bonds. The summed E-state index contributed by atoms with van der Waals surface area (Å²) in [6.07, 6.45) is 0.0256. The van der Waals surface area contributed by atoms with Crippen molar-refractivity contribution in [1.29, 1.82) is 0 Å². The minimum Gasteiger partial charge on any atom is -0.371 e. The van der Waals surface area contributed by atoms with Crippen molar-refractivity contribution in [2.75, 3.05) is 31.0 Å². The highest BCUT2D eigenvalue weighted by Gasteiger charge is 2.30. The third kappa shape index (κ3) is 1.90. The van der Waals surface area contributed by atoms with Crippen LogP contribution in [0.5, 0.6) is 0 Å². The first-order valence-electron chi connectivity index (χ1n) is 6.00. The normalized spacial score (nSPS) is 26.1. The summed E-state index contributed by atoms with van der Waals surface area (Å²) in [5.74, 6) is 0.0901. The number of nitrogens with one attached hydrogen (secondary N) is 1. The van der Waals surface area contributed by atoms with Crippen LogP contribution in [0, 0.1) is 0 Å². The van der Waals surface area contributed by atoms with E-state index < -0.39 is 10.0 Å². The molecule has 1 aromatic carbocycles. The van der Waals surface area contributed by atoms with Crippen LogP contribution in [0.15, 0.2) is 18.2 Å². The molecule has 2 aliphatic rings. The molecule has 0 aliphatic carbocycles. The minimum absolute atomic E-state index is 0.0256. The SMILES string of the molecule is CN1c2ccc(C3CNCCO3)cc2CS1(=O)=O. The first-order chi connectivity index (χ1) is 8.58. The number of rotatable bonds is 1. The van der Waals surface area contributed by atoms with Crippen molar-refractivity contribution in [1.82, 2.24) is 5.32 Å². The lowest BCUT2D eigenvalue weighted by Crippen LogP contribution is -2.33. The molecule has 98 valence electrons. The van der Waals surface area contributed by atoms with E-state index in [4.69, 9.17) is 4.74 Å². The van der Waals surface area contributed by atoms with Crippen molar-refractivity contribution in [2.24, 2.45) is 0 Å². The fraction of sp³-hybridized carbons (Fsp3) is 0.500. The first kappa shape index (κ1) is 12.0. The second-order valence-corrected chi connectivity index (χ2v) is 6.68. The maximum absolute atomic E-state index is 11.8. The van der Waals surface area contributed by atoms with Gasteiger partial charge < -0.3 is 10.1 Å². The van der Waals surface area contributed by atoms with Crippen LogP contribution >= 0.6 is 0 Å². The van der Waals surface area contributed by atoms with Crippen LogP contribution < -0.4 is 9.62 Å². The lowest BCUT2D eigenvalue weighted by Gasteiger charge is -2.24. The Labute approximate surface area is 107 Å². The van der Waals surface area contributed by atoms with Crippen LogP contribution in [0.3, 0.4) is 0 Å². The largest absolute Gasteiger partial charge is 0.371 e. The Morgan fingerprint density at radius 2 is 2.28 bits per heavy atom. The topological polar surface area (TPSA) is 58.6 Å². The Kier molecular flexibility index (Phi) is 2.80. The molecule has 1 aromatic rings. The maximum Gasteiger partial charge on any atom is 0.239 e. The third-order valence-electron chi connectivity index (χ3n) is 3.50. The standard InChI is InChI=1S/C12H16N2O3S/c1-14-11-3-2-9(12-7-13-4-5-17-12)6-10(11)8-18(14,15)16/h2-3,6,12-13H,4-5,7-8H2,1H3. The average Bonchev–Trinajstić information content (AvgIpc) is 2.60. The van der Waals surface area contributed by atoms with E-state index in [0.29, 0.717) is 6.61 Å². The van der Waals surface area contributed by atoms with Gasteiger partial charge in [0.2, 0.25) is 10.0 Å². The van der Waals surface area contributed by atoms with Gasteiger partial charge in [-0.1, -0.05) is 6.07 Å². The van der Waals surface area contributed by atoms with E-state index in [1.165, 1.54) is 4.31 Å². The summed E-state index contributed by atoms with van der Waals surface area (Å²) in [5.41, 5.74) is 2.69. The molecule has 0 aromatic heterocycles. The molecule has 6 heteroatoms. The van der Waals surface area contributed by atoms with Crippen LogP contribution in [0.1, 0.15) is 17.2 Å². The fourth-order valence-corrected chi connectivity index (χ4v) is 3.75. The van der Waals surface area contributed by atoms with E-state index in [1.54, 1.807) is 7.05 Å². The predicted molar refractivity (Wildman–Crippen MR) is 69.0 cm³/mol. The number of ether oxygens (including phenoxy) is 1.